The van der Waals surface area contributed by atoms with Crippen molar-refractivity contribution in [1.29, 1.82) is 0 Å². The quantitative estimate of drug-likeness (QED) is 0.618. The Hall–Kier alpha value is -0.0400. The third kappa shape index (κ3) is 2.76. The minimum absolute atomic E-state index is 1.05. The van der Waals surface area contributed by atoms with E-state index in [1.807, 2.05) is 0 Å². The molecule has 0 radical (unpaired) electrons. The molecule has 2 aliphatic carbocycles. The van der Waals surface area contributed by atoms with Crippen molar-refractivity contribution < 1.29 is 0 Å². The number of hydrogen-bond acceptors (Lipinski definition) is 1. The normalized spacial score (nSPS) is 43.2. The summed E-state index contributed by atoms with van der Waals surface area (Å²) >= 11 is 0. The summed E-state index contributed by atoms with van der Waals surface area (Å²) in [6.45, 7) is 2.81. The van der Waals surface area contributed by atoms with Crippen molar-refractivity contribution in [1.82, 2.24) is 4.90 Å². The van der Waals surface area contributed by atoms with E-state index in [2.05, 4.69) is 11.9 Å². The Balaban J connectivity index is 1.74. The molecule has 1 heteroatoms. The molecule has 3 rings (SSSR count). The smallest absolute Gasteiger partial charge is 0.00126 e. The predicted octanol–water partition coefficient (Wildman–Crippen LogP) is 4.32. The molecular formula is C17H31N. The third-order valence-corrected chi connectivity index (χ3v) is 6.09. The van der Waals surface area contributed by atoms with Crippen LogP contribution in [0.1, 0.15) is 64.2 Å². The summed E-state index contributed by atoms with van der Waals surface area (Å²) < 4.78 is 0. The number of fused-ring (bicyclic) bond motifs is 3. The molecule has 0 aromatic heterocycles. The van der Waals surface area contributed by atoms with Gasteiger partial charge in [-0.3, -0.25) is 0 Å². The van der Waals surface area contributed by atoms with E-state index in [0.717, 1.165) is 23.7 Å². The van der Waals surface area contributed by atoms with Crippen LogP contribution in [-0.4, -0.2) is 25.0 Å². The predicted molar refractivity (Wildman–Crippen MR) is 77.6 cm³/mol. The number of nitrogens with zero attached hydrogens (tertiary/aromatic N) is 1. The van der Waals surface area contributed by atoms with E-state index in [4.69, 9.17) is 0 Å². The Morgan fingerprint density at radius 3 is 2.17 bits per heavy atom. The van der Waals surface area contributed by atoms with Gasteiger partial charge in [0.25, 0.3) is 0 Å². The minimum atomic E-state index is 1.05. The van der Waals surface area contributed by atoms with Crippen molar-refractivity contribution in [2.24, 2.45) is 23.7 Å². The molecule has 0 amide bonds. The first kappa shape index (κ1) is 13.0. The molecule has 104 valence electrons. The lowest BCUT2D eigenvalue weighted by atomic mass is 9.74. The van der Waals surface area contributed by atoms with Gasteiger partial charge >= 0.3 is 0 Å². The van der Waals surface area contributed by atoms with Crippen molar-refractivity contribution >= 4 is 0 Å². The van der Waals surface area contributed by atoms with Crippen molar-refractivity contribution in [3.8, 4) is 0 Å². The van der Waals surface area contributed by atoms with Gasteiger partial charge in [0.1, 0.15) is 0 Å². The third-order valence-electron chi connectivity index (χ3n) is 6.09. The Morgan fingerprint density at radius 1 is 0.611 bits per heavy atom. The SMILES string of the molecule is CN1C[C@H]2CCCC3CCCCCCCC3[C@H]2C1. The van der Waals surface area contributed by atoms with Gasteiger partial charge in [-0.1, -0.05) is 51.4 Å². The fraction of sp³-hybridized carbons (Fsp3) is 1.00. The van der Waals surface area contributed by atoms with Gasteiger partial charge in [0.15, 0.2) is 0 Å². The van der Waals surface area contributed by atoms with E-state index >= 15 is 0 Å². The second-order valence-corrected chi connectivity index (χ2v) is 7.35. The molecule has 0 aromatic rings. The minimum Gasteiger partial charge on any atom is -0.306 e. The van der Waals surface area contributed by atoms with E-state index in [-0.39, 0.29) is 0 Å². The van der Waals surface area contributed by atoms with E-state index < -0.39 is 0 Å². The van der Waals surface area contributed by atoms with Gasteiger partial charge in [-0.05, 0) is 43.6 Å². The highest BCUT2D eigenvalue weighted by atomic mass is 15.1. The van der Waals surface area contributed by atoms with Gasteiger partial charge in [0.2, 0.25) is 0 Å². The molecule has 0 spiro atoms. The lowest BCUT2D eigenvalue weighted by Gasteiger charge is -2.31. The Morgan fingerprint density at radius 2 is 1.28 bits per heavy atom. The summed E-state index contributed by atoms with van der Waals surface area (Å²) in [4.78, 5) is 2.62. The summed E-state index contributed by atoms with van der Waals surface area (Å²) in [6.07, 6.45) is 15.3. The maximum atomic E-state index is 2.62. The highest BCUT2D eigenvalue weighted by molar-refractivity contribution is 4.92. The second-order valence-electron chi connectivity index (χ2n) is 7.35. The average Bonchev–Trinajstić information content (AvgIpc) is 2.70. The highest BCUT2D eigenvalue weighted by Crippen LogP contribution is 2.45. The van der Waals surface area contributed by atoms with Crippen LogP contribution in [0.3, 0.4) is 0 Å². The molecule has 3 fully saturated rings. The maximum Gasteiger partial charge on any atom is 0.00126 e. The molecular weight excluding hydrogens is 218 g/mol. The number of hydrogen-bond donors (Lipinski definition) is 0. The van der Waals surface area contributed by atoms with E-state index in [1.54, 1.807) is 19.3 Å². The van der Waals surface area contributed by atoms with Crippen LogP contribution in [0.2, 0.25) is 0 Å². The molecule has 1 saturated heterocycles. The van der Waals surface area contributed by atoms with E-state index in [9.17, 15) is 0 Å². The van der Waals surface area contributed by atoms with Crippen molar-refractivity contribution in [3.63, 3.8) is 0 Å². The summed E-state index contributed by atoms with van der Waals surface area (Å²) in [6, 6.07) is 0. The molecule has 0 aromatic carbocycles. The first-order valence-electron chi connectivity index (χ1n) is 8.53. The zero-order valence-electron chi connectivity index (χ0n) is 12.2. The Kier molecular flexibility index (Phi) is 4.28. The van der Waals surface area contributed by atoms with Gasteiger partial charge in [0.05, 0.1) is 0 Å². The standard InChI is InChI=1S/C17H31N/c1-18-12-15-10-7-9-14-8-5-3-2-4-6-11-16(14)17(15)13-18/h14-17H,2-13H2,1H3/t14?,15-,16?,17+/m1/s1. The van der Waals surface area contributed by atoms with Crippen LogP contribution in [0.15, 0.2) is 0 Å². The lowest BCUT2D eigenvalue weighted by molar-refractivity contribution is 0.184. The monoisotopic (exact) mass is 249 g/mol. The largest absolute Gasteiger partial charge is 0.306 e. The van der Waals surface area contributed by atoms with Crippen LogP contribution in [0.25, 0.3) is 0 Å². The topological polar surface area (TPSA) is 3.24 Å². The van der Waals surface area contributed by atoms with Crippen LogP contribution in [-0.2, 0) is 0 Å². The lowest BCUT2D eigenvalue weighted by Crippen LogP contribution is -2.27. The Labute approximate surface area is 113 Å². The highest BCUT2D eigenvalue weighted by Gasteiger charge is 2.40. The zero-order valence-corrected chi connectivity index (χ0v) is 12.2. The molecule has 0 bridgehead atoms. The molecule has 4 atom stereocenters. The first-order valence-corrected chi connectivity index (χ1v) is 8.53. The summed E-state index contributed by atoms with van der Waals surface area (Å²) in [5, 5.41) is 0. The maximum absolute atomic E-state index is 2.62. The van der Waals surface area contributed by atoms with Gasteiger partial charge in [0, 0.05) is 13.1 Å². The molecule has 18 heavy (non-hydrogen) atoms. The van der Waals surface area contributed by atoms with Crippen LogP contribution < -0.4 is 0 Å². The van der Waals surface area contributed by atoms with Gasteiger partial charge in [-0.15, -0.1) is 0 Å². The van der Waals surface area contributed by atoms with Gasteiger partial charge < -0.3 is 4.90 Å². The first-order chi connectivity index (χ1) is 8.84. The number of likely N-dealkylation sites (tertiary alicyclic amines) is 1. The fourth-order valence-electron chi connectivity index (χ4n) is 5.24. The van der Waals surface area contributed by atoms with Crippen LogP contribution in [0, 0.1) is 23.7 Å². The van der Waals surface area contributed by atoms with Crippen molar-refractivity contribution in [2.75, 3.05) is 20.1 Å². The van der Waals surface area contributed by atoms with E-state index in [1.165, 1.54) is 58.0 Å². The molecule has 0 N–H and O–H groups in total. The van der Waals surface area contributed by atoms with Crippen LogP contribution in [0.5, 0.6) is 0 Å². The fourth-order valence-corrected chi connectivity index (χ4v) is 5.24. The molecule has 1 heterocycles. The summed E-state index contributed by atoms with van der Waals surface area (Å²) in [7, 11) is 2.35. The van der Waals surface area contributed by atoms with Gasteiger partial charge in [-0.25, -0.2) is 0 Å². The summed E-state index contributed by atoms with van der Waals surface area (Å²) in [5.41, 5.74) is 0. The second kappa shape index (κ2) is 5.94. The molecule has 2 unspecified atom stereocenters. The van der Waals surface area contributed by atoms with Crippen molar-refractivity contribution in [2.45, 2.75) is 64.2 Å². The van der Waals surface area contributed by atoms with Gasteiger partial charge in [-0.2, -0.15) is 0 Å². The molecule has 3 aliphatic rings. The van der Waals surface area contributed by atoms with Crippen LogP contribution in [0.4, 0.5) is 0 Å². The molecule has 1 aliphatic heterocycles. The van der Waals surface area contributed by atoms with E-state index in [0.29, 0.717) is 0 Å². The summed E-state index contributed by atoms with van der Waals surface area (Å²) in [5.74, 6) is 4.27. The average molecular weight is 249 g/mol. The van der Waals surface area contributed by atoms with Crippen molar-refractivity contribution in [3.05, 3.63) is 0 Å². The number of rotatable bonds is 0. The molecule has 1 nitrogen and oxygen atoms in total. The van der Waals surface area contributed by atoms with Crippen LogP contribution >= 0.6 is 0 Å². The zero-order chi connectivity index (χ0) is 12.4. The molecule has 2 saturated carbocycles. The Bertz CT molecular complexity index is 262.